The van der Waals surface area contributed by atoms with Gasteiger partial charge in [0.25, 0.3) is 5.91 Å². The van der Waals surface area contributed by atoms with E-state index in [0.29, 0.717) is 30.2 Å². The lowest BCUT2D eigenvalue weighted by Gasteiger charge is -2.35. The van der Waals surface area contributed by atoms with Gasteiger partial charge in [0.05, 0.1) is 43.1 Å². The Morgan fingerprint density at radius 1 is 0.981 bits per heavy atom. The highest BCUT2D eigenvalue weighted by Gasteiger charge is 2.32. The fraction of sp³-hybridized carbons (Fsp3) is 0.447. The predicted octanol–water partition coefficient (Wildman–Crippen LogP) is 7.32. The Morgan fingerprint density at radius 3 is 2.25 bits per heavy atom. The van der Waals surface area contributed by atoms with E-state index in [1.807, 2.05) is 13.8 Å². The molecule has 0 bridgehead atoms. The molecule has 0 spiro atoms. The molecular weight excluding hydrogens is 695 g/mol. The van der Waals surface area contributed by atoms with Crippen LogP contribution in [0, 0.1) is 5.92 Å². The minimum absolute atomic E-state index is 0.139. The number of hydrogen-bond donors (Lipinski definition) is 4. The van der Waals surface area contributed by atoms with Gasteiger partial charge in [-0.2, -0.15) is 13.2 Å². The van der Waals surface area contributed by atoms with E-state index in [9.17, 15) is 32.7 Å². The molecule has 12 nitrogen and oxygen atoms in total. The molecule has 15 heteroatoms. The predicted molar refractivity (Wildman–Crippen MR) is 196 cm³/mol. The van der Waals surface area contributed by atoms with Crippen LogP contribution in [0.5, 0.6) is 11.5 Å². The summed E-state index contributed by atoms with van der Waals surface area (Å²) in [7, 11) is 3.22. The average molecular weight is 744 g/mol. The molecule has 0 aromatic heterocycles. The Hall–Kier alpha value is -5.02. The first-order valence-corrected chi connectivity index (χ1v) is 17.4. The normalized spacial score (nSPS) is 19.2. The quantitative estimate of drug-likeness (QED) is 0.190. The van der Waals surface area contributed by atoms with Crippen molar-refractivity contribution in [3.05, 3.63) is 77.9 Å². The minimum atomic E-state index is -4.51. The highest BCUT2D eigenvalue weighted by molar-refractivity contribution is 6.02. The van der Waals surface area contributed by atoms with E-state index in [1.54, 1.807) is 57.5 Å². The number of rotatable bonds is 8. The molecule has 4 atom stereocenters. The summed E-state index contributed by atoms with van der Waals surface area (Å²) in [5.74, 6) is 0.187. The number of carbonyl (C=O) groups is 3. The van der Waals surface area contributed by atoms with Crippen molar-refractivity contribution in [1.82, 2.24) is 9.80 Å². The van der Waals surface area contributed by atoms with Crippen LogP contribution in [0.1, 0.15) is 56.0 Å². The number of aliphatic hydroxyl groups excluding tert-OH is 1. The first-order valence-electron chi connectivity index (χ1n) is 17.4. The van der Waals surface area contributed by atoms with Crippen molar-refractivity contribution >= 4 is 35.0 Å². The molecule has 1 aliphatic heterocycles. The third-order valence-corrected chi connectivity index (χ3v) is 8.92. The number of aliphatic hydroxyl groups is 1. The molecule has 3 aromatic carbocycles. The van der Waals surface area contributed by atoms with Crippen LogP contribution in [-0.2, 0) is 10.9 Å². The highest BCUT2D eigenvalue weighted by atomic mass is 19.4. The number of nitrogens with one attached hydrogen (secondary N) is 3. The van der Waals surface area contributed by atoms with Gasteiger partial charge < -0.3 is 45.1 Å². The number of alkyl halides is 3. The number of urea groups is 2. The number of nitrogens with zero attached hydrogens (tertiary/aromatic N) is 2. The number of benzene rings is 3. The first kappa shape index (κ1) is 40.7. The van der Waals surface area contributed by atoms with Gasteiger partial charge in [-0.05, 0) is 99.8 Å². The van der Waals surface area contributed by atoms with Gasteiger partial charge in [0.2, 0.25) is 0 Å². The van der Waals surface area contributed by atoms with Crippen LogP contribution in [0.4, 0.5) is 39.8 Å². The van der Waals surface area contributed by atoms with Crippen molar-refractivity contribution < 1.29 is 46.9 Å². The van der Waals surface area contributed by atoms with Gasteiger partial charge in [0.1, 0.15) is 11.5 Å². The third-order valence-electron chi connectivity index (χ3n) is 8.92. The molecular formula is C38H48F3N5O7. The molecule has 0 saturated carbocycles. The Kier molecular flexibility index (Phi) is 14.3. The van der Waals surface area contributed by atoms with E-state index >= 15 is 0 Å². The lowest BCUT2D eigenvalue weighted by molar-refractivity contribution is -0.137. The van der Waals surface area contributed by atoms with Gasteiger partial charge in [-0.3, -0.25) is 4.79 Å². The number of carbonyl (C=O) groups excluding carboxylic acids is 3. The van der Waals surface area contributed by atoms with Gasteiger partial charge in [0.15, 0.2) is 0 Å². The smallest absolute Gasteiger partial charge is 0.416 e. The summed E-state index contributed by atoms with van der Waals surface area (Å²) in [6.45, 7) is 5.98. The van der Waals surface area contributed by atoms with Crippen molar-refractivity contribution in [3.8, 4) is 11.5 Å². The molecule has 0 radical (unpaired) electrons. The van der Waals surface area contributed by atoms with Crippen LogP contribution in [0.15, 0.2) is 66.7 Å². The summed E-state index contributed by atoms with van der Waals surface area (Å²) in [5.41, 5.74) is 0.256. The molecule has 0 fully saturated rings. The molecule has 0 saturated heterocycles. The van der Waals surface area contributed by atoms with Crippen LogP contribution in [0.25, 0.3) is 0 Å². The molecule has 5 amide bonds. The number of likely N-dealkylation sites (N-methyl/N-ethyl adjacent to an activating group) is 1. The van der Waals surface area contributed by atoms with Crippen LogP contribution < -0.4 is 25.4 Å². The molecule has 0 aliphatic carbocycles. The Morgan fingerprint density at radius 2 is 1.60 bits per heavy atom. The van der Waals surface area contributed by atoms with Gasteiger partial charge >= 0.3 is 18.2 Å². The zero-order valence-corrected chi connectivity index (χ0v) is 30.5. The highest BCUT2D eigenvalue weighted by Crippen LogP contribution is 2.31. The standard InChI is InChI=1S/C38H48F3N5O7/c1-24-21-46(25(2)23-47)35(48)32-20-30(43-36(49)42-28-11-9-27(10-12-28)38(39,40)41)15-18-33(32)53-26(3)8-6-7-19-52-34(24)22-45(4)37(50)44-29-13-16-31(51-5)17-14-29/h9-18,20,24-26,34,47H,6-8,19,21-23H2,1-5H3,(H,44,50)(H2,42,43,49)/t24-,25+,26-,34-/m0/s1. The molecule has 1 aliphatic rings. The number of ether oxygens (including phenoxy) is 3. The van der Waals surface area contributed by atoms with Gasteiger partial charge in [-0.25, -0.2) is 9.59 Å². The number of hydrogen-bond acceptors (Lipinski definition) is 7. The largest absolute Gasteiger partial charge is 0.497 e. The number of halogens is 3. The zero-order valence-electron chi connectivity index (χ0n) is 30.5. The Labute approximate surface area is 307 Å². The van der Waals surface area contributed by atoms with Crippen molar-refractivity contribution in [1.29, 1.82) is 0 Å². The van der Waals surface area contributed by atoms with Crippen LogP contribution in [0.3, 0.4) is 0 Å². The zero-order chi connectivity index (χ0) is 38.7. The summed E-state index contributed by atoms with van der Waals surface area (Å²) in [4.78, 5) is 43.4. The van der Waals surface area contributed by atoms with Crippen LogP contribution >= 0.6 is 0 Å². The lowest BCUT2D eigenvalue weighted by Crippen LogP contribution is -2.48. The van der Waals surface area contributed by atoms with Crippen molar-refractivity contribution in [2.75, 3.05) is 56.4 Å². The van der Waals surface area contributed by atoms with E-state index in [1.165, 1.54) is 15.9 Å². The maximum absolute atomic E-state index is 14.4. The number of amides is 5. The fourth-order valence-electron chi connectivity index (χ4n) is 5.74. The van der Waals surface area contributed by atoms with Gasteiger partial charge in [-0.15, -0.1) is 0 Å². The van der Waals surface area contributed by atoms with Crippen LogP contribution in [-0.4, -0.2) is 91.6 Å². The van der Waals surface area contributed by atoms with E-state index < -0.39 is 35.8 Å². The summed E-state index contributed by atoms with van der Waals surface area (Å²) < 4.78 is 56.7. The minimum Gasteiger partial charge on any atom is -0.497 e. The van der Waals surface area contributed by atoms with Crippen LogP contribution in [0.2, 0.25) is 0 Å². The molecule has 1 heterocycles. The SMILES string of the molecule is COc1ccc(NC(=O)N(C)C[C@@H]2OCCCC[C@H](C)Oc3ccc(NC(=O)Nc4ccc(C(F)(F)F)cc4)cc3C(=O)N([C@H](C)CO)C[C@@H]2C)cc1. The van der Waals surface area contributed by atoms with Crippen molar-refractivity contribution in [2.45, 2.75) is 64.5 Å². The van der Waals surface area contributed by atoms with Crippen molar-refractivity contribution in [3.63, 3.8) is 0 Å². The molecule has 0 unspecified atom stereocenters. The first-order chi connectivity index (χ1) is 25.2. The van der Waals surface area contributed by atoms with Gasteiger partial charge in [-0.1, -0.05) is 6.92 Å². The molecule has 288 valence electrons. The van der Waals surface area contributed by atoms with E-state index in [4.69, 9.17) is 14.2 Å². The second-order valence-corrected chi connectivity index (χ2v) is 13.2. The maximum Gasteiger partial charge on any atom is 0.416 e. The topological polar surface area (TPSA) is 142 Å². The molecule has 53 heavy (non-hydrogen) atoms. The average Bonchev–Trinajstić information content (AvgIpc) is 3.12. The van der Waals surface area contributed by atoms with E-state index in [-0.39, 0.29) is 54.7 Å². The third kappa shape index (κ3) is 11.7. The van der Waals surface area contributed by atoms with E-state index in [2.05, 4.69) is 16.0 Å². The number of fused-ring (bicyclic) bond motifs is 1. The summed E-state index contributed by atoms with van der Waals surface area (Å²) in [6, 6.07) is 13.9. The lowest BCUT2D eigenvalue weighted by atomic mass is 10.0. The monoisotopic (exact) mass is 743 g/mol. The number of methoxy groups -OCH3 is 1. The maximum atomic E-state index is 14.4. The Bertz CT molecular complexity index is 1670. The fourth-order valence-corrected chi connectivity index (χ4v) is 5.74. The summed E-state index contributed by atoms with van der Waals surface area (Å²) in [6.07, 6.45) is -3.10. The summed E-state index contributed by atoms with van der Waals surface area (Å²) in [5, 5.41) is 18.2. The second kappa shape index (κ2) is 18.6. The Balaban J connectivity index is 1.55. The number of anilines is 3. The molecule has 4 rings (SSSR count). The van der Waals surface area contributed by atoms with Crippen molar-refractivity contribution in [2.24, 2.45) is 5.92 Å². The summed E-state index contributed by atoms with van der Waals surface area (Å²) >= 11 is 0. The molecule has 4 N–H and O–H groups in total. The van der Waals surface area contributed by atoms with Gasteiger partial charge in [0, 0.05) is 49.7 Å². The molecule has 3 aromatic rings. The van der Waals surface area contributed by atoms with E-state index in [0.717, 1.165) is 37.1 Å². The second-order valence-electron chi connectivity index (χ2n) is 13.2.